The van der Waals surface area contributed by atoms with E-state index in [4.69, 9.17) is 5.73 Å². The van der Waals surface area contributed by atoms with E-state index in [0.29, 0.717) is 5.56 Å². The van der Waals surface area contributed by atoms with Crippen molar-refractivity contribution in [2.45, 2.75) is 52.5 Å². The summed E-state index contributed by atoms with van der Waals surface area (Å²) in [4.78, 5) is 17.7. The molecule has 0 bridgehead atoms. The maximum absolute atomic E-state index is 12.0. The van der Waals surface area contributed by atoms with Crippen molar-refractivity contribution in [3.63, 3.8) is 0 Å². The summed E-state index contributed by atoms with van der Waals surface area (Å²) in [5.41, 5.74) is 11.4. The molecule has 5 heteroatoms. The van der Waals surface area contributed by atoms with Gasteiger partial charge in [0.05, 0.1) is 6.04 Å². The number of aromatic hydroxyl groups is 1. The van der Waals surface area contributed by atoms with Crippen molar-refractivity contribution in [1.29, 1.82) is 0 Å². The lowest BCUT2D eigenvalue weighted by Gasteiger charge is -2.36. The van der Waals surface area contributed by atoms with E-state index >= 15 is 0 Å². The molecule has 0 radical (unpaired) electrons. The van der Waals surface area contributed by atoms with Gasteiger partial charge in [-0.05, 0) is 66.8 Å². The number of rotatable bonds is 9. The molecule has 0 spiro atoms. The number of nitrogens with zero attached hydrogens (tertiary/aromatic N) is 1. The van der Waals surface area contributed by atoms with E-state index < -0.39 is 5.91 Å². The molecular weight excluding hydrogens is 374 g/mol. The second kappa shape index (κ2) is 9.53. The van der Waals surface area contributed by atoms with Gasteiger partial charge in [-0.1, -0.05) is 33.3 Å². The number of phenolic OH excluding ortho intramolecular Hbond substituents is 1. The molecule has 1 heterocycles. The van der Waals surface area contributed by atoms with Gasteiger partial charge in [-0.15, -0.1) is 0 Å². The smallest absolute Gasteiger partial charge is 0.248 e. The highest BCUT2D eigenvalue weighted by Gasteiger charge is 2.27. The summed E-state index contributed by atoms with van der Waals surface area (Å²) in [6.07, 6.45) is 5.37. The molecule has 0 saturated heterocycles. The Labute approximate surface area is 178 Å². The Balaban J connectivity index is 2.29. The zero-order valence-electron chi connectivity index (χ0n) is 18.0. The van der Waals surface area contributed by atoms with E-state index in [1.165, 1.54) is 0 Å². The van der Waals surface area contributed by atoms with E-state index in [9.17, 15) is 9.90 Å². The maximum Gasteiger partial charge on any atom is 0.248 e. The highest BCUT2D eigenvalue weighted by molar-refractivity contribution is 5.95. The highest BCUT2D eigenvalue weighted by Crippen LogP contribution is 2.41. The minimum atomic E-state index is -0.397. The summed E-state index contributed by atoms with van der Waals surface area (Å²) in [7, 11) is 0. The number of nitrogens with one attached hydrogen (secondary N) is 1. The van der Waals surface area contributed by atoms with Gasteiger partial charge in [0, 0.05) is 34.9 Å². The summed E-state index contributed by atoms with van der Waals surface area (Å²) < 4.78 is 0. The zero-order valence-corrected chi connectivity index (χ0v) is 18.0. The number of carbonyl (C=O) groups is 1. The van der Waals surface area contributed by atoms with Crippen LogP contribution in [-0.4, -0.2) is 16.0 Å². The van der Waals surface area contributed by atoms with Crippen LogP contribution in [0.1, 0.15) is 66.8 Å². The number of aromatic amines is 1. The third-order valence-corrected chi connectivity index (χ3v) is 5.60. The summed E-state index contributed by atoms with van der Waals surface area (Å²) in [6.45, 7) is 6.33. The first-order valence-corrected chi connectivity index (χ1v) is 10.7. The lowest BCUT2D eigenvalue weighted by molar-refractivity contribution is 0.0999. The largest absolute Gasteiger partial charge is 0.508 e. The average molecular weight is 406 g/mol. The van der Waals surface area contributed by atoms with Crippen LogP contribution >= 0.6 is 0 Å². The molecule has 3 rings (SSSR count). The first kappa shape index (κ1) is 21.5. The lowest BCUT2D eigenvalue weighted by Crippen LogP contribution is -2.26. The number of phenols is 1. The topological polar surface area (TPSA) is 82.3 Å². The standard InChI is InChI=1S/C25H31N3O2/c1-4-9-24(22-12-8-15-27-22)28(17-10-7-11-18(29)16-17)23-14-13-21(25(26)30)19(5-2)20(23)6-3/h7-8,10-16,24,27,29H,4-6,9H2,1-3H3,(H2,26,30). The minimum absolute atomic E-state index is 0.0567. The molecule has 0 aliphatic heterocycles. The van der Waals surface area contributed by atoms with Gasteiger partial charge in [0.15, 0.2) is 0 Å². The Morgan fingerprint density at radius 2 is 1.83 bits per heavy atom. The molecule has 0 saturated carbocycles. The average Bonchev–Trinajstić information content (AvgIpc) is 3.27. The van der Waals surface area contributed by atoms with Gasteiger partial charge in [0.25, 0.3) is 0 Å². The van der Waals surface area contributed by atoms with Crippen LogP contribution in [-0.2, 0) is 12.8 Å². The quantitative estimate of drug-likeness (QED) is 0.432. The Hall–Kier alpha value is -3.21. The van der Waals surface area contributed by atoms with Gasteiger partial charge in [0.1, 0.15) is 5.75 Å². The predicted molar refractivity (Wildman–Crippen MR) is 122 cm³/mol. The lowest BCUT2D eigenvalue weighted by atomic mass is 9.92. The second-order valence-corrected chi connectivity index (χ2v) is 7.48. The fraction of sp³-hybridized carbons (Fsp3) is 0.320. The monoisotopic (exact) mass is 405 g/mol. The van der Waals surface area contributed by atoms with E-state index in [1.807, 2.05) is 36.5 Å². The molecule has 0 aliphatic carbocycles. The number of benzene rings is 2. The van der Waals surface area contributed by atoms with E-state index in [0.717, 1.165) is 53.9 Å². The Bertz CT molecular complexity index is 996. The molecular formula is C25H31N3O2. The number of amides is 1. The molecule has 1 amide bonds. The van der Waals surface area contributed by atoms with Gasteiger partial charge in [0.2, 0.25) is 5.91 Å². The van der Waals surface area contributed by atoms with E-state index in [-0.39, 0.29) is 11.8 Å². The number of carbonyl (C=O) groups excluding carboxylic acids is 1. The Kier molecular flexibility index (Phi) is 6.83. The number of aromatic nitrogens is 1. The zero-order chi connectivity index (χ0) is 21.7. The van der Waals surface area contributed by atoms with Crippen molar-refractivity contribution in [1.82, 2.24) is 4.98 Å². The fourth-order valence-electron chi connectivity index (χ4n) is 4.31. The molecule has 158 valence electrons. The molecule has 2 aromatic carbocycles. The van der Waals surface area contributed by atoms with Crippen LogP contribution in [0.25, 0.3) is 0 Å². The van der Waals surface area contributed by atoms with Crippen molar-refractivity contribution in [2.75, 3.05) is 4.90 Å². The molecule has 5 nitrogen and oxygen atoms in total. The van der Waals surface area contributed by atoms with E-state index in [1.54, 1.807) is 12.1 Å². The summed E-state index contributed by atoms with van der Waals surface area (Å²) in [5.74, 6) is -0.173. The number of hydrogen-bond acceptors (Lipinski definition) is 3. The molecule has 4 N–H and O–H groups in total. The van der Waals surface area contributed by atoms with Gasteiger partial charge in [-0.2, -0.15) is 0 Å². The van der Waals surface area contributed by atoms with Gasteiger partial charge in [-0.25, -0.2) is 0 Å². The van der Waals surface area contributed by atoms with Crippen molar-refractivity contribution in [2.24, 2.45) is 5.73 Å². The first-order valence-electron chi connectivity index (χ1n) is 10.7. The van der Waals surface area contributed by atoms with Crippen LogP contribution in [0.4, 0.5) is 11.4 Å². The fourth-order valence-corrected chi connectivity index (χ4v) is 4.31. The van der Waals surface area contributed by atoms with Crippen molar-refractivity contribution in [3.8, 4) is 5.75 Å². The number of primary amides is 1. The highest BCUT2D eigenvalue weighted by atomic mass is 16.3. The van der Waals surface area contributed by atoms with Gasteiger partial charge in [-0.3, -0.25) is 4.79 Å². The van der Waals surface area contributed by atoms with Crippen LogP contribution in [0.15, 0.2) is 54.7 Å². The summed E-state index contributed by atoms with van der Waals surface area (Å²) in [5, 5.41) is 10.2. The molecule has 30 heavy (non-hydrogen) atoms. The maximum atomic E-state index is 12.0. The van der Waals surface area contributed by atoms with Gasteiger partial charge < -0.3 is 20.7 Å². The normalized spacial score (nSPS) is 12.0. The molecule has 0 fully saturated rings. The molecule has 1 aromatic heterocycles. The van der Waals surface area contributed by atoms with Crippen molar-refractivity contribution in [3.05, 3.63) is 77.1 Å². The van der Waals surface area contributed by atoms with Crippen LogP contribution in [0, 0.1) is 0 Å². The number of hydrogen-bond donors (Lipinski definition) is 3. The molecule has 0 aliphatic rings. The summed E-state index contributed by atoms with van der Waals surface area (Å²) >= 11 is 0. The number of H-pyrrole nitrogens is 1. The second-order valence-electron chi connectivity index (χ2n) is 7.48. The van der Waals surface area contributed by atoms with Crippen LogP contribution in [0.3, 0.4) is 0 Å². The predicted octanol–water partition coefficient (Wildman–Crippen LogP) is 5.62. The number of anilines is 2. The Morgan fingerprint density at radius 3 is 2.40 bits per heavy atom. The molecule has 1 atom stereocenters. The van der Waals surface area contributed by atoms with Crippen LogP contribution in [0.5, 0.6) is 5.75 Å². The first-order chi connectivity index (χ1) is 14.5. The van der Waals surface area contributed by atoms with Crippen LogP contribution in [0.2, 0.25) is 0 Å². The van der Waals surface area contributed by atoms with Crippen molar-refractivity contribution < 1.29 is 9.90 Å². The minimum Gasteiger partial charge on any atom is -0.508 e. The van der Waals surface area contributed by atoms with Crippen molar-refractivity contribution >= 4 is 17.3 Å². The van der Waals surface area contributed by atoms with E-state index in [2.05, 4.69) is 36.7 Å². The molecule has 1 unspecified atom stereocenters. The Morgan fingerprint density at radius 1 is 1.07 bits per heavy atom. The number of nitrogens with two attached hydrogens (primary N) is 1. The summed E-state index contributed by atoms with van der Waals surface area (Å²) in [6, 6.07) is 15.3. The molecule has 3 aromatic rings. The SMILES string of the molecule is CCCC(c1ccc[nH]1)N(c1cccc(O)c1)c1ccc(C(N)=O)c(CC)c1CC. The third-order valence-electron chi connectivity index (χ3n) is 5.60. The third kappa shape index (κ3) is 4.20. The van der Waals surface area contributed by atoms with Gasteiger partial charge >= 0.3 is 0 Å². The van der Waals surface area contributed by atoms with Crippen LogP contribution < -0.4 is 10.6 Å².